The van der Waals surface area contributed by atoms with Gasteiger partial charge in [0.2, 0.25) is 5.78 Å². The lowest BCUT2D eigenvalue weighted by atomic mass is 10.0. The molecule has 0 atom stereocenters. The van der Waals surface area contributed by atoms with Gasteiger partial charge in [0.15, 0.2) is 0 Å². The second-order valence-electron chi connectivity index (χ2n) is 12.5. The Morgan fingerprint density at radius 2 is 0.898 bits per heavy atom. The number of aromatic nitrogens is 4. The second kappa shape index (κ2) is 11.0. The molecule has 0 bridgehead atoms. The first-order valence-corrected chi connectivity index (χ1v) is 16.7. The van der Waals surface area contributed by atoms with E-state index in [0.717, 1.165) is 50.7 Å². The average Bonchev–Trinajstić information content (AvgIpc) is 3.83. The maximum Gasteiger partial charge on any atom is 0.220 e. The maximum atomic E-state index is 5.49. The van der Waals surface area contributed by atoms with Crippen molar-refractivity contribution in [2.75, 3.05) is 0 Å². The minimum Gasteiger partial charge on any atom is -0.309 e. The summed E-state index contributed by atoms with van der Waals surface area (Å²) in [6.07, 6.45) is 0. The number of hydrogen-bond donors (Lipinski definition) is 0. The van der Waals surface area contributed by atoms with Crippen LogP contribution in [0, 0.1) is 0 Å². The Morgan fingerprint density at radius 1 is 0.347 bits per heavy atom. The topological polar surface area (TPSA) is 27.2 Å². The lowest BCUT2D eigenvalue weighted by Gasteiger charge is -2.10. The number of nitrogens with zero attached hydrogens (tertiary/aromatic N) is 4. The molecule has 7 aromatic carbocycles. The summed E-state index contributed by atoms with van der Waals surface area (Å²) in [5.41, 5.74) is 13.4. The van der Waals surface area contributed by atoms with E-state index in [1.165, 1.54) is 32.9 Å². The van der Waals surface area contributed by atoms with Crippen molar-refractivity contribution in [3.8, 4) is 45.0 Å². The SMILES string of the molecule is c1ccc(-c2ccc3c(c2)n2c(-c4ccc5c(c4)c4ccccc4n5-c4ccccc4)c(-c4ccccc4)nc2n3-c2ccccc2)cc1. The molecule has 0 saturated heterocycles. The molecule has 10 rings (SSSR count). The first-order valence-electron chi connectivity index (χ1n) is 16.7. The number of rotatable bonds is 5. The van der Waals surface area contributed by atoms with Crippen LogP contribution in [0.1, 0.15) is 0 Å². The van der Waals surface area contributed by atoms with Gasteiger partial charge in [-0.2, -0.15) is 0 Å². The van der Waals surface area contributed by atoms with Crippen LogP contribution in [0.25, 0.3) is 83.6 Å². The Hall–Kier alpha value is -6.65. The summed E-state index contributed by atoms with van der Waals surface area (Å²) in [7, 11) is 0. The standard InChI is InChI=1S/C45H30N4/c1-5-15-31(16-6-1)33-25-28-41-42(30-33)49-44(43(32-17-7-2-8-18-32)46-45(49)48(41)36-21-11-4-12-22-36)34-26-27-40-38(29-34)37-23-13-14-24-39(37)47(40)35-19-9-3-10-20-35/h1-30H. The maximum absolute atomic E-state index is 5.49. The van der Waals surface area contributed by atoms with E-state index in [2.05, 4.69) is 196 Å². The van der Waals surface area contributed by atoms with Crippen molar-refractivity contribution in [3.63, 3.8) is 0 Å². The van der Waals surface area contributed by atoms with Crippen LogP contribution in [0.2, 0.25) is 0 Å². The summed E-state index contributed by atoms with van der Waals surface area (Å²) < 4.78 is 7.03. The van der Waals surface area contributed by atoms with Crippen molar-refractivity contribution in [1.29, 1.82) is 0 Å². The minimum atomic E-state index is 0.882. The van der Waals surface area contributed by atoms with Crippen LogP contribution in [0.15, 0.2) is 182 Å². The fraction of sp³-hybridized carbons (Fsp3) is 0. The van der Waals surface area contributed by atoms with Gasteiger partial charge in [0.05, 0.1) is 33.5 Å². The molecule has 0 spiro atoms. The first kappa shape index (κ1) is 27.5. The quantitative estimate of drug-likeness (QED) is 0.187. The number of para-hydroxylation sites is 3. The fourth-order valence-electron chi connectivity index (χ4n) is 7.47. The molecular formula is C45H30N4. The molecule has 0 amide bonds. The molecule has 0 N–H and O–H groups in total. The Kier molecular flexibility index (Phi) is 6.15. The first-order chi connectivity index (χ1) is 24.3. The third-order valence-corrected chi connectivity index (χ3v) is 9.65. The summed E-state index contributed by atoms with van der Waals surface area (Å²) in [6.45, 7) is 0. The van der Waals surface area contributed by atoms with Crippen LogP contribution in [0.5, 0.6) is 0 Å². The number of fused-ring (bicyclic) bond motifs is 6. The Bertz CT molecular complexity index is 2790. The minimum absolute atomic E-state index is 0.882. The predicted octanol–water partition coefficient (Wildman–Crippen LogP) is 11.4. The fourth-order valence-corrected chi connectivity index (χ4v) is 7.47. The highest BCUT2D eigenvalue weighted by Crippen LogP contribution is 2.41. The van der Waals surface area contributed by atoms with Gasteiger partial charge in [0, 0.05) is 33.3 Å². The van der Waals surface area contributed by atoms with Crippen LogP contribution in [-0.2, 0) is 0 Å². The molecule has 49 heavy (non-hydrogen) atoms. The van der Waals surface area contributed by atoms with Gasteiger partial charge >= 0.3 is 0 Å². The van der Waals surface area contributed by atoms with E-state index < -0.39 is 0 Å². The highest BCUT2D eigenvalue weighted by Gasteiger charge is 2.24. The van der Waals surface area contributed by atoms with Crippen molar-refractivity contribution in [3.05, 3.63) is 182 Å². The van der Waals surface area contributed by atoms with Gasteiger partial charge in [-0.25, -0.2) is 4.98 Å². The molecule has 0 saturated carbocycles. The molecule has 3 heterocycles. The van der Waals surface area contributed by atoms with Gasteiger partial charge in [0.25, 0.3) is 0 Å². The largest absolute Gasteiger partial charge is 0.309 e. The van der Waals surface area contributed by atoms with E-state index in [4.69, 9.17) is 4.98 Å². The van der Waals surface area contributed by atoms with Gasteiger partial charge in [-0.3, -0.25) is 8.97 Å². The van der Waals surface area contributed by atoms with Gasteiger partial charge in [0.1, 0.15) is 0 Å². The van der Waals surface area contributed by atoms with Gasteiger partial charge < -0.3 is 4.57 Å². The van der Waals surface area contributed by atoms with Crippen LogP contribution in [-0.4, -0.2) is 18.5 Å². The number of imidazole rings is 2. The predicted molar refractivity (Wildman–Crippen MR) is 203 cm³/mol. The highest BCUT2D eigenvalue weighted by molar-refractivity contribution is 6.11. The van der Waals surface area contributed by atoms with E-state index in [1.807, 2.05) is 0 Å². The number of benzene rings is 7. The summed E-state index contributed by atoms with van der Waals surface area (Å²) in [5.74, 6) is 0.882. The van der Waals surface area contributed by atoms with E-state index in [1.54, 1.807) is 0 Å². The normalized spacial score (nSPS) is 11.7. The highest BCUT2D eigenvalue weighted by atomic mass is 15.2. The molecule has 10 aromatic rings. The summed E-state index contributed by atoms with van der Waals surface area (Å²) in [6, 6.07) is 64.8. The lowest BCUT2D eigenvalue weighted by molar-refractivity contribution is 1.10. The summed E-state index contributed by atoms with van der Waals surface area (Å²) in [5, 5.41) is 2.44. The van der Waals surface area contributed by atoms with E-state index in [9.17, 15) is 0 Å². The van der Waals surface area contributed by atoms with Crippen LogP contribution in [0.4, 0.5) is 0 Å². The Balaban J connectivity index is 1.33. The molecule has 0 aliphatic carbocycles. The molecule has 4 heteroatoms. The lowest BCUT2D eigenvalue weighted by Crippen LogP contribution is -1.94. The second-order valence-corrected chi connectivity index (χ2v) is 12.5. The smallest absolute Gasteiger partial charge is 0.220 e. The molecular weight excluding hydrogens is 597 g/mol. The zero-order chi connectivity index (χ0) is 32.3. The zero-order valence-electron chi connectivity index (χ0n) is 26.6. The van der Waals surface area contributed by atoms with E-state index >= 15 is 0 Å². The Labute approximate surface area is 283 Å². The van der Waals surface area contributed by atoms with Crippen LogP contribution < -0.4 is 0 Å². The van der Waals surface area contributed by atoms with Crippen molar-refractivity contribution in [2.24, 2.45) is 0 Å². The Morgan fingerprint density at radius 3 is 1.61 bits per heavy atom. The van der Waals surface area contributed by atoms with E-state index in [0.29, 0.717) is 0 Å². The van der Waals surface area contributed by atoms with Crippen molar-refractivity contribution < 1.29 is 0 Å². The van der Waals surface area contributed by atoms with Gasteiger partial charge in [-0.1, -0.05) is 127 Å². The molecule has 0 fully saturated rings. The molecule has 0 unspecified atom stereocenters. The van der Waals surface area contributed by atoms with Gasteiger partial charge in [-0.05, 0) is 65.7 Å². The average molecular weight is 627 g/mol. The molecule has 4 nitrogen and oxygen atoms in total. The summed E-state index contributed by atoms with van der Waals surface area (Å²) in [4.78, 5) is 5.49. The zero-order valence-corrected chi connectivity index (χ0v) is 26.6. The molecule has 3 aromatic heterocycles. The van der Waals surface area contributed by atoms with Crippen LogP contribution in [0.3, 0.4) is 0 Å². The molecule has 0 aliphatic heterocycles. The van der Waals surface area contributed by atoms with E-state index in [-0.39, 0.29) is 0 Å². The monoisotopic (exact) mass is 626 g/mol. The third-order valence-electron chi connectivity index (χ3n) is 9.65. The molecule has 0 aliphatic rings. The summed E-state index contributed by atoms with van der Waals surface area (Å²) >= 11 is 0. The number of hydrogen-bond acceptors (Lipinski definition) is 1. The molecule has 230 valence electrons. The third kappa shape index (κ3) is 4.28. The van der Waals surface area contributed by atoms with Crippen molar-refractivity contribution in [1.82, 2.24) is 18.5 Å². The van der Waals surface area contributed by atoms with Crippen LogP contribution >= 0.6 is 0 Å². The van der Waals surface area contributed by atoms with Gasteiger partial charge in [-0.15, -0.1) is 0 Å². The van der Waals surface area contributed by atoms with Crippen molar-refractivity contribution in [2.45, 2.75) is 0 Å². The van der Waals surface area contributed by atoms with Crippen molar-refractivity contribution >= 4 is 38.6 Å². The molecule has 0 radical (unpaired) electrons.